The van der Waals surface area contributed by atoms with Crippen LogP contribution in [0.2, 0.25) is 0 Å². The van der Waals surface area contributed by atoms with Gasteiger partial charge in [-0.25, -0.2) is 4.39 Å². The molecule has 0 saturated heterocycles. The molecule has 0 aliphatic carbocycles. The van der Waals surface area contributed by atoms with Crippen LogP contribution < -0.4 is 11.1 Å². The molecule has 100 valence electrons. The molecule has 2 rings (SSSR count). The predicted molar refractivity (Wildman–Crippen MR) is 65.9 cm³/mol. The molecule has 2 aromatic rings. The lowest BCUT2D eigenvalue weighted by Gasteiger charge is -2.04. The molecule has 0 unspecified atom stereocenters. The lowest BCUT2D eigenvalue weighted by atomic mass is 10.2. The van der Waals surface area contributed by atoms with Crippen molar-refractivity contribution in [3.8, 4) is 0 Å². The maximum atomic E-state index is 13.2. The van der Waals surface area contributed by atoms with Gasteiger partial charge in [-0.05, 0) is 18.2 Å². The van der Waals surface area contributed by atoms with Crippen LogP contribution in [0.4, 0.5) is 10.1 Å². The first kappa shape index (κ1) is 13.0. The molecule has 0 radical (unpaired) electrons. The summed E-state index contributed by atoms with van der Waals surface area (Å²) >= 11 is 0. The number of anilines is 1. The summed E-state index contributed by atoms with van der Waals surface area (Å²) in [5, 5.41) is 6.33. The number of rotatable bonds is 4. The molecular formula is C12H13FN4O2. The molecule has 6 nitrogen and oxygen atoms in total. The number of nitrogens with zero attached hydrogens (tertiary/aromatic N) is 2. The van der Waals surface area contributed by atoms with E-state index in [2.05, 4.69) is 15.5 Å². The van der Waals surface area contributed by atoms with Gasteiger partial charge in [0, 0.05) is 25.5 Å². The highest BCUT2D eigenvalue weighted by Gasteiger charge is 2.09. The average Bonchev–Trinajstić information content (AvgIpc) is 2.78. The third-order valence-electron chi connectivity index (χ3n) is 2.47. The van der Waals surface area contributed by atoms with E-state index in [4.69, 9.17) is 10.3 Å². The number of amides is 1. The van der Waals surface area contributed by atoms with Gasteiger partial charge in [-0.1, -0.05) is 5.16 Å². The lowest BCUT2D eigenvalue weighted by Crippen LogP contribution is -2.26. The van der Waals surface area contributed by atoms with Crippen LogP contribution in [-0.2, 0) is 6.42 Å². The number of carbonyl (C=O) groups is 1. The first-order valence-electron chi connectivity index (χ1n) is 5.68. The highest BCUT2D eigenvalue weighted by molar-refractivity contribution is 5.94. The molecule has 0 atom stereocenters. The Morgan fingerprint density at radius 2 is 2.32 bits per heavy atom. The summed E-state index contributed by atoms with van der Waals surface area (Å²) in [6.07, 6.45) is 0.445. The molecule has 0 bridgehead atoms. The van der Waals surface area contributed by atoms with Crippen LogP contribution in [0.5, 0.6) is 0 Å². The molecule has 0 spiro atoms. The average molecular weight is 264 g/mol. The van der Waals surface area contributed by atoms with Crippen molar-refractivity contribution in [1.29, 1.82) is 0 Å². The molecule has 0 aliphatic heterocycles. The van der Waals surface area contributed by atoms with E-state index in [0.717, 1.165) is 6.07 Å². The summed E-state index contributed by atoms with van der Waals surface area (Å²) in [5.41, 5.74) is 5.56. The summed E-state index contributed by atoms with van der Waals surface area (Å²) in [6.45, 7) is 2.02. The van der Waals surface area contributed by atoms with Crippen molar-refractivity contribution in [3.63, 3.8) is 0 Å². The highest BCUT2D eigenvalue weighted by Crippen LogP contribution is 2.11. The zero-order valence-corrected chi connectivity index (χ0v) is 10.3. The number of carbonyl (C=O) groups excluding carboxylic acids is 1. The Balaban J connectivity index is 1.89. The van der Waals surface area contributed by atoms with Crippen LogP contribution in [0.3, 0.4) is 0 Å². The van der Waals surface area contributed by atoms with E-state index in [1.54, 1.807) is 6.92 Å². The van der Waals surface area contributed by atoms with E-state index < -0.39 is 5.82 Å². The van der Waals surface area contributed by atoms with Crippen molar-refractivity contribution in [3.05, 3.63) is 41.3 Å². The highest BCUT2D eigenvalue weighted by atomic mass is 19.1. The number of aromatic nitrogens is 2. The Kier molecular flexibility index (Phi) is 3.74. The first-order valence-corrected chi connectivity index (χ1v) is 5.68. The normalized spacial score (nSPS) is 10.4. The molecule has 1 aromatic heterocycles. The van der Waals surface area contributed by atoms with Crippen LogP contribution in [0.1, 0.15) is 22.1 Å². The van der Waals surface area contributed by atoms with Crippen LogP contribution in [0.15, 0.2) is 22.7 Å². The van der Waals surface area contributed by atoms with E-state index in [9.17, 15) is 9.18 Å². The van der Waals surface area contributed by atoms with Gasteiger partial charge in [-0.3, -0.25) is 4.79 Å². The van der Waals surface area contributed by atoms with Gasteiger partial charge < -0.3 is 15.6 Å². The third kappa shape index (κ3) is 3.27. The fraction of sp³-hybridized carbons (Fsp3) is 0.250. The lowest BCUT2D eigenvalue weighted by molar-refractivity contribution is 0.0953. The second-order valence-corrected chi connectivity index (χ2v) is 3.97. The smallest absolute Gasteiger partial charge is 0.251 e. The summed E-state index contributed by atoms with van der Waals surface area (Å²) in [5.74, 6) is 0.00350. The molecule has 3 N–H and O–H groups in total. The Morgan fingerprint density at radius 1 is 1.53 bits per heavy atom. The minimum Gasteiger partial charge on any atom is -0.396 e. The predicted octanol–water partition coefficient (Wildman–Crippen LogP) is 1.07. The number of aryl methyl sites for hydroxylation is 1. The van der Waals surface area contributed by atoms with Crippen LogP contribution in [0.25, 0.3) is 0 Å². The van der Waals surface area contributed by atoms with Crippen molar-refractivity contribution in [1.82, 2.24) is 15.5 Å². The number of halogens is 1. The molecule has 1 aromatic carbocycles. The molecular weight excluding hydrogens is 251 g/mol. The van der Waals surface area contributed by atoms with Crippen molar-refractivity contribution in [2.75, 3.05) is 12.3 Å². The van der Waals surface area contributed by atoms with Crippen LogP contribution >= 0.6 is 0 Å². The van der Waals surface area contributed by atoms with Gasteiger partial charge in [0.25, 0.3) is 5.91 Å². The number of nitrogens with one attached hydrogen (secondary N) is 1. The van der Waals surface area contributed by atoms with Gasteiger partial charge in [-0.15, -0.1) is 0 Å². The van der Waals surface area contributed by atoms with E-state index in [1.807, 2.05) is 0 Å². The molecule has 7 heteroatoms. The van der Waals surface area contributed by atoms with Crippen molar-refractivity contribution in [2.45, 2.75) is 13.3 Å². The summed E-state index contributed by atoms with van der Waals surface area (Å²) in [6, 6.07) is 3.92. The number of hydrogen-bond donors (Lipinski definition) is 2. The molecule has 0 aliphatic rings. The number of hydrogen-bond acceptors (Lipinski definition) is 5. The Hall–Kier alpha value is -2.44. The van der Waals surface area contributed by atoms with Gasteiger partial charge in [0.05, 0.1) is 5.69 Å². The van der Waals surface area contributed by atoms with E-state index in [-0.39, 0.29) is 17.2 Å². The van der Waals surface area contributed by atoms with E-state index in [0.29, 0.717) is 24.7 Å². The quantitative estimate of drug-likeness (QED) is 0.805. The minimum absolute atomic E-state index is 0.0128. The summed E-state index contributed by atoms with van der Waals surface area (Å²) < 4.78 is 18.0. The van der Waals surface area contributed by atoms with Crippen molar-refractivity contribution >= 4 is 11.6 Å². The van der Waals surface area contributed by atoms with Crippen molar-refractivity contribution in [2.24, 2.45) is 0 Å². The zero-order chi connectivity index (χ0) is 13.8. The fourth-order valence-electron chi connectivity index (χ4n) is 1.50. The topological polar surface area (TPSA) is 94.0 Å². The first-order chi connectivity index (χ1) is 9.06. The number of nitrogen functional groups attached to an aromatic ring is 1. The molecule has 1 heterocycles. The molecule has 0 fully saturated rings. The van der Waals surface area contributed by atoms with Gasteiger partial charge in [0.2, 0.25) is 5.89 Å². The largest absolute Gasteiger partial charge is 0.396 e. The number of nitrogens with two attached hydrogens (primary N) is 1. The third-order valence-corrected chi connectivity index (χ3v) is 2.47. The van der Waals surface area contributed by atoms with Gasteiger partial charge in [-0.2, -0.15) is 4.98 Å². The summed E-state index contributed by atoms with van der Waals surface area (Å²) in [7, 11) is 0. The van der Waals surface area contributed by atoms with E-state index in [1.165, 1.54) is 12.1 Å². The maximum absolute atomic E-state index is 13.2. The standard InChI is InChI=1S/C12H13FN4O2/c1-7-16-11(17-19-7)4-5-15-12(18)8-2-3-10(14)9(13)6-8/h2-3,6H,4-5,14H2,1H3,(H,15,18). The Labute approximate surface area is 108 Å². The van der Waals surface area contributed by atoms with Gasteiger partial charge in [0.1, 0.15) is 5.82 Å². The zero-order valence-electron chi connectivity index (χ0n) is 10.3. The van der Waals surface area contributed by atoms with Gasteiger partial charge >= 0.3 is 0 Å². The van der Waals surface area contributed by atoms with Crippen LogP contribution in [0, 0.1) is 12.7 Å². The van der Waals surface area contributed by atoms with Crippen molar-refractivity contribution < 1.29 is 13.7 Å². The minimum atomic E-state index is -0.610. The second-order valence-electron chi connectivity index (χ2n) is 3.97. The van der Waals surface area contributed by atoms with E-state index >= 15 is 0 Å². The number of benzene rings is 1. The molecule has 0 saturated carbocycles. The SMILES string of the molecule is Cc1nc(CCNC(=O)c2ccc(N)c(F)c2)no1. The second kappa shape index (κ2) is 5.47. The monoisotopic (exact) mass is 264 g/mol. The summed E-state index contributed by atoms with van der Waals surface area (Å²) in [4.78, 5) is 15.7. The maximum Gasteiger partial charge on any atom is 0.251 e. The Bertz CT molecular complexity index is 597. The molecule has 1 amide bonds. The Morgan fingerprint density at radius 3 is 2.95 bits per heavy atom. The van der Waals surface area contributed by atoms with Gasteiger partial charge in [0.15, 0.2) is 5.82 Å². The van der Waals surface area contributed by atoms with Crippen LogP contribution in [-0.4, -0.2) is 22.6 Å². The molecule has 19 heavy (non-hydrogen) atoms. The fourth-order valence-corrected chi connectivity index (χ4v) is 1.50.